The number of aromatic nitrogens is 2. The first-order chi connectivity index (χ1) is 13.8. The summed E-state index contributed by atoms with van der Waals surface area (Å²) in [7, 11) is 2.22. The van der Waals surface area contributed by atoms with Gasteiger partial charge in [-0.1, -0.05) is 31.9 Å². The van der Waals surface area contributed by atoms with Crippen molar-refractivity contribution in [3.8, 4) is 0 Å². The van der Waals surface area contributed by atoms with Gasteiger partial charge in [0.25, 0.3) is 0 Å². The van der Waals surface area contributed by atoms with E-state index in [4.69, 9.17) is 10.7 Å². The number of anilines is 1. The van der Waals surface area contributed by atoms with Crippen LogP contribution in [0.4, 0.5) is 5.82 Å². The van der Waals surface area contributed by atoms with Crippen molar-refractivity contribution >= 4 is 27.6 Å². The third-order valence-corrected chi connectivity index (χ3v) is 6.13. The Bertz CT molecular complexity index is 949. The van der Waals surface area contributed by atoms with Crippen molar-refractivity contribution in [2.45, 2.75) is 78.2 Å². The summed E-state index contributed by atoms with van der Waals surface area (Å²) in [5.41, 5.74) is 11.3. The summed E-state index contributed by atoms with van der Waals surface area (Å²) in [6, 6.07) is 8.87. The van der Waals surface area contributed by atoms with Crippen molar-refractivity contribution < 1.29 is 0 Å². The number of nitrogens with zero attached hydrogens (tertiary/aromatic N) is 2. The lowest BCUT2D eigenvalue weighted by atomic mass is 10.0. The summed E-state index contributed by atoms with van der Waals surface area (Å²) >= 11 is 0. The van der Waals surface area contributed by atoms with Gasteiger partial charge in [0, 0.05) is 22.0 Å². The van der Waals surface area contributed by atoms with E-state index in [2.05, 4.69) is 68.9 Å². The molecule has 3 rings (SSSR count). The van der Waals surface area contributed by atoms with E-state index in [1.165, 1.54) is 48.7 Å². The fraction of sp³-hybridized carbons (Fsp3) is 0.560. The van der Waals surface area contributed by atoms with Crippen molar-refractivity contribution in [1.82, 2.24) is 14.9 Å². The van der Waals surface area contributed by atoms with Gasteiger partial charge in [0.15, 0.2) is 0 Å². The van der Waals surface area contributed by atoms with Gasteiger partial charge in [0.1, 0.15) is 5.82 Å². The highest BCUT2D eigenvalue weighted by Gasteiger charge is 2.15. The van der Waals surface area contributed by atoms with E-state index in [0.717, 1.165) is 35.8 Å². The summed E-state index contributed by atoms with van der Waals surface area (Å²) in [5, 5.41) is 2.23. The Balaban J connectivity index is 1.66. The Hall–Kier alpha value is -2.07. The lowest BCUT2D eigenvalue weighted by molar-refractivity contribution is 0.172. The van der Waals surface area contributed by atoms with Crippen molar-refractivity contribution in [3.05, 3.63) is 35.5 Å². The third kappa shape index (κ3) is 5.30. The highest BCUT2D eigenvalue weighted by Crippen LogP contribution is 2.29. The van der Waals surface area contributed by atoms with E-state index in [1.807, 2.05) is 0 Å². The second kappa shape index (κ2) is 9.17. The average Bonchev–Trinajstić information content (AvgIpc) is 3.10. The van der Waals surface area contributed by atoms with Crippen molar-refractivity contribution in [2.75, 3.05) is 19.3 Å². The van der Waals surface area contributed by atoms with Gasteiger partial charge in [-0.05, 0) is 84.2 Å². The van der Waals surface area contributed by atoms with Crippen LogP contribution in [-0.2, 0) is 12.8 Å². The Kier molecular flexibility index (Phi) is 6.84. The van der Waals surface area contributed by atoms with Crippen LogP contribution in [0.1, 0.15) is 71.1 Å². The molecule has 0 spiro atoms. The molecule has 3 aromatic rings. The maximum atomic E-state index is 6.28. The quantitative estimate of drug-likeness (QED) is 0.432. The molecule has 0 saturated carbocycles. The van der Waals surface area contributed by atoms with Crippen LogP contribution in [0.2, 0.25) is 0 Å². The molecule has 0 amide bonds. The van der Waals surface area contributed by atoms with Gasteiger partial charge in [-0.3, -0.25) is 0 Å². The number of hydrogen-bond donors (Lipinski definition) is 2. The van der Waals surface area contributed by atoms with Gasteiger partial charge >= 0.3 is 0 Å². The zero-order chi connectivity index (χ0) is 21.0. The van der Waals surface area contributed by atoms with E-state index < -0.39 is 0 Å². The standard InChI is InChI=1S/C25H38N4/c1-6-7-12-19-17-21-23(27-19)20-14-13-18(16-22(20)28-24(21)26)11-9-8-10-15-29(5)25(2,3)4/h13-14,16-17,27H,6-12,15H2,1-5H3,(H2,26,28). The predicted octanol–water partition coefficient (Wildman–Crippen LogP) is 6.08. The summed E-state index contributed by atoms with van der Waals surface area (Å²) in [4.78, 5) is 10.7. The Labute approximate surface area is 175 Å². The van der Waals surface area contributed by atoms with Gasteiger partial charge in [-0.15, -0.1) is 0 Å². The maximum absolute atomic E-state index is 6.28. The highest BCUT2D eigenvalue weighted by molar-refractivity contribution is 6.08. The number of nitrogens with one attached hydrogen (secondary N) is 1. The number of H-pyrrole nitrogens is 1. The molecular weight excluding hydrogens is 356 g/mol. The minimum absolute atomic E-state index is 0.253. The molecule has 0 unspecified atom stereocenters. The van der Waals surface area contributed by atoms with Crippen molar-refractivity contribution in [2.24, 2.45) is 0 Å². The highest BCUT2D eigenvalue weighted by atomic mass is 15.1. The first kappa shape index (κ1) is 21.6. The molecule has 2 heterocycles. The molecular formula is C25H38N4. The van der Waals surface area contributed by atoms with Crippen LogP contribution in [-0.4, -0.2) is 34.0 Å². The number of rotatable bonds is 9. The van der Waals surface area contributed by atoms with E-state index in [0.29, 0.717) is 5.82 Å². The van der Waals surface area contributed by atoms with Crippen LogP contribution in [0.3, 0.4) is 0 Å². The summed E-state index contributed by atoms with van der Waals surface area (Å²) in [6.45, 7) is 10.2. The number of pyridine rings is 1. The second-order valence-corrected chi connectivity index (χ2v) is 9.44. The number of nitrogens with two attached hydrogens (primary N) is 1. The molecule has 0 aliphatic heterocycles. The minimum Gasteiger partial charge on any atom is -0.383 e. The third-order valence-electron chi connectivity index (χ3n) is 6.13. The molecule has 4 heteroatoms. The zero-order valence-electron chi connectivity index (χ0n) is 18.9. The molecule has 1 aromatic carbocycles. The van der Waals surface area contributed by atoms with Crippen LogP contribution in [0.25, 0.3) is 21.8 Å². The number of benzene rings is 1. The molecule has 0 atom stereocenters. The van der Waals surface area contributed by atoms with Crippen LogP contribution in [0.5, 0.6) is 0 Å². The minimum atomic E-state index is 0.253. The molecule has 0 radical (unpaired) electrons. The van der Waals surface area contributed by atoms with E-state index in [1.54, 1.807) is 0 Å². The molecule has 158 valence electrons. The fourth-order valence-corrected chi connectivity index (χ4v) is 3.84. The molecule has 0 aliphatic rings. The molecule has 3 N–H and O–H groups in total. The Morgan fingerprint density at radius 3 is 2.52 bits per heavy atom. The number of aromatic amines is 1. The summed E-state index contributed by atoms with van der Waals surface area (Å²) in [5.74, 6) is 0.633. The van der Waals surface area contributed by atoms with Gasteiger partial charge in [0.05, 0.1) is 11.0 Å². The van der Waals surface area contributed by atoms with Gasteiger partial charge in [0.2, 0.25) is 0 Å². The predicted molar refractivity (Wildman–Crippen MR) is 127 cm³/mol. The van der Waals surface area contributed by atoms with Gasteiger partial charge < -0.3 is 15.6 Å². The van der Waals surface area contributed by atoms with Crippen LogP contribution in [0, 0.1) is 0 Å². The van der Waals surface area contributed by atoms with Crippen molar-refractivity contribution in [1.29, 1.82) is 0 Å². The van der Waals surface area contributed by atoms with Crippen molar-refractivity contribution in [3.63, 3.8) is 0 Å². The molecule has 4 nitrogen and oxygen atoms in total. The number of unbranched alkanes of at least 4 members (excludes halogenated alkanes) is 3. The number of hydrogen-bond acceptors (Lipinski definition) is 3. The SMILES string of the molecule is CCCCc1cc2c(N)nc3cc(CCCCCN(C)C(C)(C)C)ccc3c2[nH]1. The van der Waals surface area contributed by atoms with Crippen LogP contribution >= 0.6 is 0 Å². The topological polar surface area (TPSA) is 57.9 Å². The number of nitrogen functional groups attached to an aromatic ring is 1. The second-order valence-electron chi connectivity index (χ2n) is 9.44. The lowest BCUT2D eigenvalue weighted by Gasteiger charge is -2.31. The molecule has 0 fully saturated rings. The van der Waals surface area contributed by atoms with Crippen LogP contribution in [0.15, 0.2) is 24.3 Å². The van der Waals surface area contributed by atoms with E-state index in [-0.39, 0.29) is 5.54 Å². The number of fused-ring (bicyclic) bond motifs is 3. The molecule has 0 saturated heterocycles. The zero-order valence-corrected chi connectivity index (χ0v) is 18.9. The lowest BCUT2D eigenvalue weighted by Crippen LogP contribution is -2.38. The van der Waals surface area contributed by atoms with E-state index >= 15 is 0 Å². The maximum Gasteiger partial charge on any atom is 0.133 e. The number of aryl methyl sites for hydroxylation is 2. The Morgan fingerprint density at radius 2 is 1.79 bits per heavy atom. The molecule has 2 aromatic heterocycles. The molecule has 0 bridgehead atoms. The van der Waals surface area contributed by atoms with Gasteiger partial charge in [-0.25, -0.2) is 4.98 Å². The molecule has 0 aliphatic carbocycles. The average molecular weight is 395 g/mol. The smallest absolute Gasteiger partial charge is 0.133 e. The van der Waals surface area contributed by atoms with E-state index in [9.17, 15) is 0 Å². The summed E-state index contributed by atoms with van der Waals surface area (Å²) < 4.78 is 0. The fourth-order valence-electron chi connectivity index (χ4n) is 3.84. The first-order valence-corrected chi connectivity index (χ1v) is 11.2. The van der Waals surface area contributed by atoms with Gasteiger partial charge in [-0.2, -0.15) is 0 Å². The largest absolute Gasteiger partial charge is 0.383 e. The normalized spacial score (nSPS) is 12.5. The monoisotopic (exact) mass is 394 g/mol. The molecule has 29 heavy (non-hydrogen) atoms. The Morgan fingerprint density at radius 1 is 1.00 bits per heavy atom. The van der Waals surface area contributed by atoms with Crippen LogP contribution < -0.4 is 5.73 Å². The first-order valence-electron chi connectivity index (χ1n) is 11.2. The summed E-state index contributed by atoms with van der Waals surface area (Å²) in [6.07, 6.45) is 8.26.